The molecule has 180 valence electrons. The summed E-state index contributed by atoms with van der Waals surface area (Å²) in [6, 6.07) is 15.4. The Bertz CT molecular complexity index is 1520. The molecular formula is C31H29N3O2. The van der Waals surface area contributed by atoms with Gasteiger partial charge in [0.15, 0.2) is 0 Å². The molecule has 0 unspecified atom stereocenters. The zero-order valence-corrected chi connectivity index (χ0v) is 21.1. The van der Waals surface area contributed by atoms with Gasteiger partial charge >= 0.3 is 0 Å². The summed E-state index contributed by atoms with van der Waals surface area (Å²) >= 11 is 0. The molecule has 3 aliphatic rings. The molecule has 0 fully saturated rings. The third-order valence-corrected chi connectivity index (χ3v) is 7.55. The van der Waals surface area contributed by atoms with Crippen molar-refractivity contribution >= 4 is 11.4 Å². The van der Waals surface area contributed by atoms with Crippen LogP contribution in [0.5, 0.6) is 11.5 Å². The molecule has 3 aliphatic heterocycles. The monoisotopic (exact) mass is 475 g/mol. The topological polar surface area (TPSA) is 59.5 Å². The molecule has 0 bridgehead atoms. The van der Waals surface area contributed by atoms with E-state index in [2.05, 4.69) is 80.1 Å². The van der Waals surface area contributed by atoms with Gasteiger partial charge in [0, 0.05) is 45.9 Å². The van der Waals surface area contributed by atoms with Crippen LogP contribution in [0.4, 0.5) is 5.69 Å². The minimum Gasteiger partial charge on any atom is -0.488 e. The molecule has 0 amide bonds. The molecule has 0 atom stereocenters. The van der Waals surface area contributed by atoms with Gasteiger partial charge in [-0.2, -0.15) is 0 Å². The highest BCUT2D eigenvalue weighted by Crippen LogP contribution is 2.51. The Kier molecular flexibility index (Phi) is 4.65. The van der Waals surface area contributed by atoms with Crippen molar-refractivity contribution in [2.45, 2.75) is 53.2 Å². The Morgan fingerprint density at radius 1 is 0.750 bits per heavy atom. The van der Waals surface area contributed by atoms with Crippen LogP contribution in [-0.4, -0.2) is 15.7 Å². The average Bonchev–Trinajstić information content (AvgIpc) is 3.54. The van der Waals surface area contributed by atoms with Crippen molar-refractivity contribution in [2.75, 3.05) is 0 Å². The molecule has 7 rings (SSSR count). The van der Waals surface area contributed by atoms with Gasteiger partial charge in [0.25, 0.3) is 0 Å². The fourth-order valence-corrected chi connectivity index (χ4v) is 5.52. The molecule has 5 nitrogen and oxygen atoms in total. The van der Waals surface area contributed by atoms with Gasteiger partial charge in [-0.15, -0.1) is 0 Å². The van der Waals surface area contributed by atoms with Crippen molar-refractivity contribution in [3.8, 4) is 45.0 Å². The van der Waals surface area contributed by atoms with Crippen LogP contribution in [0.15, 0.2) is 53.7 Å². The summed E-state index contributed by atoms with van der Waals surface area (Å²) in [7, 11) is 0. The van der Waals surface area contributed by atoms with Crippen LogP contribution in [0.25, 0.3) is 33.5 Å². The van der Waals surface area contributed by atoms with E-state index >= 15 is 0 Å². The fourth-order valence-electron chi connectivity index (χ4n) is 5.52. The van der Waals surface area contributed by atoms with Crippen LogP contribution in [-0.2, 0) is 19.6 Å². The van der Waals surface area contributed by atoms with Gasteiger partial charge in [0.05, 0.1) is 17.6 Å². The Hall–Kier alpha value is -3.86. The van der Waals surface area contributed by atoms with Gasteiger partial charge < -0.3 is 14.5 Å². The number of fused-ring (bicyclic) bond motifs is 1. The number of aromatic nitrogens is 2. The molecule has 5 heteroatoms. The highest BCUT2D eigenvalue weighted by atomic mass is 16.5. The van der Waals surface area contributed by atoms with E-state index in [1.54, 1.807) is 0 Å². The number of ether oxygens (including phenoxy) is 2. The predicted octanol–water partition coefficient (Wildman–Crippen LogP) is 7.60. The second kappa shape index (κ2) is 7.82. The van der Waals surface area contributed by atoms with Gasteiger partial charge in [0.2, 0.25) is 0 Å². The molecule has 4 aromatic rings. The summed E-state index contributed by atoms with van der Waals surface area (Å²) in [6.45, 7) is 9.76. The number of benzene rings is 3. The normalized spacial score (nSPS) is 14.9. The first-order valence-electron chi connectivity index (χ1n) is 12.8. The van der Waals surface area contributed by atoms with E-state index in [9.17, 15) is 0 Å². The number of nitrogens with zero attached hydrogens (tertiary/aromatic N) is 2. The number of hydrogen-bond donors (Lipinski definition) is 1. The van der Waals surface area contributed by atoms with Gasteiger partial charge in [-0.25, -0.2) is 4.98 Å². The summed E-state index contributed by atoms with van der Waals surface area (Å²) in [6.07, 6.45) is 2.85. The SMILES string of the molecule is CC(C)C1=Nc2ccc(-c3cc4c5c(c3)OCc3cc(-c6cnc(C(C)C)[nH]6)cc(c3-5)OC4)cc2C1. The van der Waals surface area contributed by atoms with Gasteiger partial charge in [-0.3, -0.25) is 4.99 Å². The van der Waals surface area contributed by atoms with Crippen molar-refractivity contribution in [1.29, 1.82) is 0 Å². The van der Waals surface area contributed by atoms with Gasteiger partial charge in [-0.05, 0) is 59.0 Å². The molecule has 0 saturated heterocycles. The lowest BCUT2D eigenvalue weighted by Gasteiger charge is -2.30. The molecule has 0 spiro atoms. The van der Waals surface area contributed by atoms with Crippen molar-refractivity contribution in [1.82, 2.24) is 9.97 Å². The van der Waals surface area contributed by atoms with Crippen LogP contribution in [0.3, 0.4) is 0 Å². The smallest absolute Gasteiger partial charge is 0.128 e. The van der Waals surface area contributed by atoms with Gasteiger partial charge in [0.1, 0.15) is 30.5 Å². The number of nitrogens with one attached hydrogen (secondary N) is 1. The van der Waals surface area contributed by atoms with Crippen LogP contribution >= 0.6 is 0 Å². The quantitative estimate of drug-likeness (QED) is 0.330. The number of rotatable bonds is 4. The van der Waals surface area contributed by atoms with E-state index in [4.69, 9.17) is 14.5 Å². The predicted molar refractivity (Wildman–Crippen MR) is 143 cm³/mol. The maximum atomic E-state index is 6.35. The summed E-state index contributed by atoms with van der Waals surface area (Å²) in [5, 5.41) is 0. The summed E-state index contributed by atoms with van der Waals surface area (Å²) in [4.78, 5) is 12.8. The molecular weight excluding hydrogens is 446 g/mol. The zero-order valence-electron chi connectivity index (χ0n) is 21.1. The number of H-pyrrole nitrogens is 1. The zero-order chi connectivity index (χ0) is 24.6. The van der Waals surface area contributed by atoms with E-state index in [1.807, 2.05) is 6.20 Å². The van der Waals surface area contributed by atoms with E-state index < -0.39 is 0 Å². The van der Waals surface area contributed by atoms with Crippen molar-refractivity contribution in [3.05, 3.63) is 71.2 Å². The van der Waals surface area contributed by atoms with Gasteiger partial charge in [-0.1, -0.05) is 33.8 Å². The minimum atomic E-state index is 0.355. The lowest BCUT2D eigenvalue weighted by molar-refractivity contribution is 0.278. The minimum absolute atomic E-state index is 0.355. The second-order valence-corrected chi connectivity index (χ2v) is 10.7. The highest BCUT2D eigenvalue weighted by Gasteiger charge is 2.30. The molecule has 3 aromatic carbocycles. The number of hydrogen-bond acceptors (Lipinski definition) is 4. The maximum Gasteiger partial charge on any atom is 0.128 e. The molecule has 0 saturated carbocycles. The third-order valence-electron chi connectivity index (χ3n) is 7.55. The highest BCUT2D eigenvalue weighted by molar-refractivity contribution is 5.96. The second-order valence-electron chi connectivity index (χ2n) is 10.7. The van der Waals surface area contributed by atoms with E-state index in [-0.39, 0.29) is 0 Å². The standard InChI is InChI=1S/C31H29N3O2/c1-16(2)25-10-20-7-18(5-6-24(20)33-25)19-8-22-14-36-28-12-21(26-13-32-31(34-26)17(3)4)9-23-15-35-27(11-19)29(22)30(23)28/h5-9,11-13,16-17H,10,14-15H2,1-4H3,(H,32,34). The molecule has 36 heavy (non-hydrogen) atoms. The third kappa shape index (κ3) is 3.29. The van der Waals surface area contributed by atoms with Crippen LogP contribution in [0.2, 0.25) is 0 Å². The number of aromatic amines is 1. The Balaban J connectivity index is 1.27. The van der Waals surface area contributed by atoms with Crippen LogP contribution in [0, 0.1) is 5.92 Å². The molecule has 4 heterocycles. The Morgan fingerprint density at radius 3 is 2.08 bits per heavy atom. The first kappa shape index (κ1) is 21.4. The molecule has 1 aromatic heterocycles. The lowest BCUT2D eigenvalue weighted by atomic mass is 9.86. The molecule has 1 N–H and O–H groups in total. The first-order chi connectivity index (χ1) is 17.4. The number of imidazole rings is 1. The summed E-state index contributed by atoms with van der Waals surface area (Å²) in [5.74, 6) is 3.68. The van der Waals surface area contributed by atoms with Crippen LogP contribution < -0.4 is 9.47 Å². The van der Waals surface area contributed by atoms with E-state index in [0.29, 0.717) is 25.0 Å². The fraction of sp³-hybridized carbons (Fsp3) is 0.290. The number of aliphatic imine (C=N–C) groups is 1. The molecule has 0 aliphatic carbocycles. The maximum absolute atomic E-state index is 6.35. The van der Waals surface area contributed by atoms with E-state index in [1.165, 1.54) is 33.5 Å². The largest absolute Gasteiger partial charge is 0.488 e. The molecule has 0 radical (unpaired) electrons. The average molecular weight is 476 g/mol. The summed E-state index contributed by atoms with van der Waals surface area (Å²) in [5.41, 5.74) is 12.8. The Morgan fingerprint density at radius 2 is 1.42 bits per heavy atom. The first-order valence-corrected chi connectivity index (χ1v) is 12.8. The van der Waals surface area contributed by atoms with E-state index in [0.717, 1.165) is 51.8 Å². The van der Waals surface area contributed by atoms with Crippen molar-refractivity contribution in [3.63, 3.8) is 0 Å². The van der Waals surface area contributed by atoms with Crippen LogP contribution in [0.1, 0.15) is 56.1 Å². The Labute approximate surface area is 211 Å². The van der Waals surface area contributed by atoms with Crippen molar-refractivity contribution < 1.29 is 9.47 Å². The van der Waals surface area contributed by atoms with Crippen molar-refractivity contribution in [2.24, 2.45) is 10.9 Å². The lowest BCUT2D eigenvalue weighted by Crippen LogP contribution is -2.15. The summed E-state index contributed by atoms with van der Waals surface area (Å²) < 4.78 is 12.7.